The fourth-order valence-electron chi connectivity index (χ4n) is 4.39. The van der Waals surface area contributed by atoms with Gasteiger partial charge in [-0.2, -0.15) is 0 Å². The lowest BCUT2D eigenvalue weighted by molar-refractivity contribution is 0.0596. The van der Waals surface area contributed by atoms with Crippen LogP contribution in [0, 0.1) is 0 Å². The molecule has 5 rings (SSSR count). The molecule has 1 saturated carbocycles. The highest BCUT2D eigenvalue weighted by molar-refractivity contribution is 5.66. The van der Waals surface area contributed by atoms with Crippen molar-refractivity contribution in [3.63, 3.8) is 0 Å². The summed E-state index contributed by atoms with van der Waals surface area (Å²) in [5.74, 6) is 3.01. The Morgan fingerprint density at radius 1 is 1.27 bits per heavy atom. The molecule has 1 aromatic carbocycles. The number of carboxylic acid groups (broad SMARTS) is 1. The molecule has 5 heteroatoms. The van der Waals surface area contributed by atoms with E-state index in [9.17, 15) is 9.90 Å². The van der Waals surface area contributed by atoms with Gasteiger partial charge in [-0.05, 0) is 43.6 Å². The van der Waals surface area contributed by atoms with Crippen molar-refractivity contribution in [3.8, 4) is 11.5 Å². The zero-order chi connectivity index (χ0) is 15.4. The van der Waals surface area contributed by atoms with Crippen LogP contribution in [-0.4, -0.2) is 36.5 Å². The molecule has 4 aliphatic rings. The summed E-state index contributed by atoms with van der Waals surface area (Å²) in [6.07, 6.45) is 4.08. The summed E-state index contributed by atoms with van der Waals surface area (Å²) in [5, 5.41) is 9.19. The number of benzene rings is 1. The fraction of sp³-hybridized carbons (Fsp3) is 0.588. The van der Waals surface area contributed by atoms with Crippen molar-refractivity contribution >= 4 is 6.09 Å². The number of carbonyl (C=O) groups is 1. The van der Waals surface area contributed by atoms with Gasteiger partial charge in [-0.1, -0.05) is 0 Å². The van der Waals surface area contributed by atoms with E-state index in [4.69, 9.17) is 9.47 Å². The maximum Gasteiger partial charge on any atom is 0.409 e. The predicted octanol–water partition coefficient (Wildman–Crippen LogP) is 3.32. The molecule has 1 aliphatic heterocycles. The standard InChI is InChI=1S/C17H21NO4/c1-18(17(19)20)13-8-11-7-12(21-2)14-9-3-5-10(6-4-9)15(14)16(11)22-13/h7,9-10,13H,3-6,8H2,1-2H3,(H,19,20). The van der Waals surface area contributed by atoms with Gasteiger partial charge in [-0.3, -0.25) is 4.90 Å². The van der Waals surface area contributed by atoms with Crippen molar-refractivity contribution in [1.82, 2.24) is 4.90 Å². The second-order valence-electron chi connectivity index (χ2n) is 6.61. The van der Waals surface area contributed by atoms with Gasteiger partial charge in [-0.15, -0.1) is 0 Å². The van der Waals surface area contributed by atoms with Crippen LogP contribution in [0.3, 0.4) is 0 Å². The number of rotatable bonds is 2. The number of nitrogens with zero attached hydrogens (tertiary/aromatic N) is 1. The molecule has 1 heterocycles. The summed E-state index contributed by atoms with van der Waals surface area (Å²) in [6.45, 7) is 0. The number of ether oxygens (including phenoxy) is 2. The molecule has 1 fully saturated rings. The summed E-state index contributed by atoms with van der Waals surface area (Å²) in [7, 11) is 3.29. The van der Waals surface area contributed by atoms with Crippen molar-refractivity contribution < 1.29 is 19.4 Å². The third-order valence-corrected chi connectivity index (χ3v) is 5.54. The molecule has 0 spiro atoms. The van der Waals surface area contributed by atoms with Crippen molar-refractivity contribution in [3.05, 3.63) is 22.8 Å². The maximum absolute atomic E-state index is 11.2. The second-order valence-corrected chi connectivity index (χ2v) is 6.61. The molecule has 22 heavy (non-hydrogen) atoms. The first-order chi connectivity index (χ1) is 10.6. The highest BCUT2D eigenvalue weighted by atomic mass is 16.5. The van der Waals surface area contributed by atoms with Crippen molar-refractivity contribution in [2.45, 2.75) is 50.2 Å². The lowest BCUT2D eigenvalue weighted by Gasteiger charge is -2.40. The smallest absolute Gasteiger partial charge is 0.409 e. The molecule has 1 aromatic rings. The SMILES string of the molecule is COc1cc2c(c3c1C1CCC3CC1)OC(N(C)C(=O)O)C2. The zero-order valence-electron chi connectivity index (χ0n) is 13.0. The Balaban J connectivity index is 1.80. The van der Waals surface area contributed by atoms with Gasteiger partial charge in [0.2, 0.25) is 0 Å². The van der Waals surface area contributed by atoms with E-state index in [2.05, 4.69) is 6.07 Å². The third kappa shape index (κ3) is 1.81. The van der Waals surface area contributed by atoms with E-state index in [1.165, 1.54) is 41.7 Å². The fourth-order valence-corrected chi connectivity index (χ4v) is 4.39. The first kappa shape index (κ1) is 13.7. The minimum absolute atomic E-state index is 0.427. The molecule has 1 unspecified atom stereocenters. The predicted molar refractivity (Wildman–Crippen MR) is 80.9 cm³/mol. The second kappa shape index (κ2) is 4.80. The molecule has 118 valence electrons. The van der Waals surface area contributed by atoms with E-state index in [0.29, 0.717) is 18.3 Å². The van der Waals surface area contributed by atoms with Gasteiger partial charge < -0.3 is 14.6 Å². The number of likely N-dealkylation sites (N-methyl/N-ethyl adjacent to an activating group) is 1. The van der Waals surface area contributed by atoms with Crippen LogP contribution in [0.1, 0.15) is 54.2 Å². The Bertz CT molecular complexity index is 634. The average Bonchev–Trinajstić information content (AvgIpc) is 2.98. The van der Waals surface area contributed by atoms with Gasteiger partial charge in [0.25, 0.3) is 0 Å². The first-order valence-corrected chi connectivity index (χ1v) is 7.96. The molecule has 3 aliphatic carbocycles. The van der Waals surface area contributed by atoms with E-state index in [1.54, 1.807) is 14.2 Å². The quantitative estimate of drug-likeness (QED) is 0.910. The normalized spacial score (nSPS) is 27.8. The Morgan fingerprint density at radius 3 is 2.50 bits per heavy atom. The highest BCUT2D eigenvalue weighted by Crippen LogP contribution is 2.57. The lowest BCUT2D eigenvalue weighted by atomic mass is 9.66. The number of amides is 1. The molecule has 0 radical (unpaired) electrons. The van der Waals surface area contributed by atoms with E-state index < -0.39 is 12.3 Å². The molecule has 1 amide bonds. The Hall–Kier alpha value is -1.91. The Morgan fingerprint density at radius 2 is 1.91 bits per heavy atom. The first-order valence-electron chi connectivity index (χ1n) is 7.96. The third-order valence-electron chi connectivity index (χ3n) is 5.54. The molecule has 5 nitrogen and oxygen atoms in total. The molecule has 0 saturated heterocycles. The Labute approximate surface area is 129 Å². The summed E-state index contributed by atoms with van der Waals surface area (Å²) in [5.41, 5.74) is 3.71. The highest BCUT2D eigenvalue weighted by Gasteiger charge is 2.41. The topological polar surface area (TPSA) is 59.0 Å². The van der Waals surface area contributed by atoms with Gasteiger partial charge in [0.05, 0.1) is 7.11 Å². The van der Waals surface area contributed by atoms with E-state index >= 15 is 0 Å². The number of hydrogen-bond donors (Lipinski definition) is 1. The zero-order valence-corrected chi connectivity index (χ0v) is 13.0. The largest absolute Gasteiger partial charge is 0.496 e. The molecule has 0 aromatic heterocycles. The van der Waals surface area contributed by atoms with Crippen molar-refractivity contribution in [2.24, 2.45) is 0 Å². The minimum atomic E-state index is -0.958. The van der Waals surface area contributed by atoms with E-state index in [0.717, 1.165) is 17.1 Å². The van der Waals surface area contributed by atoms with Crippen LogP contribution in [0.25, 0.3) is 0 Å². The van der Waals surface area contributed by atoms with Gasteiger partial charge in [0.15, 0.2) is 6.23 Å². The monoisotopic (exact) mass is 303 g/mol. The number of methoxy groups -OCH3 is 1. The van der Waals surface area contributed by atoms with Gasteiger partial charge >= 0.3 is 6.09 Å². The average molecular weight is 303 g/mol. The van der Waals surface area contributed by atoms with Crippen LogP contribution in [-0.2, 0) is 6.42 Å². The Kier molecular flexibility index (Phi) is 2.99. The van der Waals surface area contributed by atoms with E-state index in [-0.39, 0.29) is 0 Å². The van der Waals surface area contributed by atoms with Crippen LogP contribution in [0.2, 0.25) is 0 Å². The summed E-state index contributed by atoms with van der Waals surface area (Å²) >= 11 is 0. The number of hydrogen-bond acceptors (Lipinski definition) is 3. The molecule has 1 N–H and O–H groups in total. The molecular weight excluding hydrogens is 282 g/mol. The summed E-state index contributed by atoms with van der Waals surface area (Å²) in [6, 6.07) is 2.06. The van der Waals surface area contributed by atoms with Crippen molar-refractivity contribution in [2.75, 3.05) is 14.2 Å². The summed E-state index contributed by atoms with van der Waals surface area (Å²) in [4.78, 5) is 12.4. The van der Waals surface area contributed by atoms with Crippen LogP contribution in [0.5, 0.6) is 11.5 Å². The summed E-state index contributed by atoms with van der Waals surface area (Å²) < 4.78 is 11.7. The molecule has 1 atom stereocenters. The van der Waals surface area contributed by atoms with Gasteiger partial charge in [0, 0.05) is 30.2 Å². The molecule has 2 bridgehead atoms. The van der Waals surface area contributed by atoms with Crippen LogP contribution in [0.15, 0.2) is 6.07 Å². The van der Waals surface area contributed by atoms with E-state index in [1.807, 2.05) is 0 Å². The van der Waals surface area contributed by atoms with Gasteiger partial charge in [-0.25, -0.2) is 4.79 Å². The lowest BCUT2D eigenvalue weighted by Crippen LogP contribution is -2.39. The maximum atomic E-state index is 11.2. The molecular formula is C17H21NO4. The number of fused-ring (bicyclic) bond motifs is 3. The minimum Gasteiger partial charge on any atom is -0.496 e. The van der Waals surface area contributed by atoms with Crippen LogP contribution >= 0.6 is 0 Å². The van der Waals surface area contributed by atoms with Gasteiger partial charge in [0.1, 0.15) is 11.5 Å². The van der Waals surface area contributed by atoms with Crippen LogP contribution < -0.4 is 9.47 Å². The van der Waals surface area contributed by atoms with Crippen LogP contribution in [0.4, 0.5) is 4.79 Å². The van der Waals surface area contributed by atoms with Crippen molar-refractivity contribution in [1.29, 1.82) is 0 Å².